The largest absolute Gasteiger partial charge is 0.314 e. The van der Waals surface area contributed by atoms with Gasteiger partial charge in [0.05, 0.1) is 0 Å². The molecule has 0 aliphatic carbocycles. The minimum Gasteiger partial charge on any atom is -0.314 e. The second kappa shape index (κ2) is 7.88. The molecule has 1 aliphatic rings. The van der Waals surface area contributed by atoms with Gasteiger partial charge in [-0.25, -0.2) is 0 Å². The van der Waals surface area contributed by atoms with Gasteiger partial charge in [0.2, 0.25) is 0 Å². The fourth-order valence-corrected chi connectivity index (χ4v) is 2.60. The molecule has 100 valence electrons. The third-order valence-corrected chi connectivity index (χ3v) is 3.76. The van der Waals surface area contributed by atoms with E-state index in [0.717, 1.165) is 18.5 Å². The molecule has 17 heavy (non-hydrogen) atoms. The predicted octanol–water partition coefficient (Wildman–Crippen LogP) is 3.05. The summed E-state index contributed by atoms with van der Waals surface area (Å²) in [5.74, 6) is 0.834. The van der Waals surface area contributed by atoms with E-state index in [1.54, 1.807) is 0 Å². The smallest absolute Gasteiger partial charge is 0.0165 e. The molecule has 0 saturated carbocycles. The molecule has 0 spiro atoms. The van der Waals surface area contributed by atoms with Gasteiger partial charge < -0.3 is 5.32 Å². The van der Waals surface area contributed by atoms with Crippen molar-refractivity contribution in [1.29, 1.82) is 0 Å². The van der Waals surface area contributed by atoms with Crippen LogP contribution >= 0.6 is 0 Å². The van der Waals surface area contributed by atoms with Crippen LogP contribution in [0.25, 0.3) is 0 Å². The molecule has 0 aromatic heterocycles. The van der Waals surface area contributed by atoms with Crippen molar-refractivity contribution >= 4 is 0 Å². The van der Waals surface area contributed by atoms with Crippen LogP contribution in [0.4, 0.5) is 0 Å². The number of hydrogen-bond acceptors (Lipinski definition) is 2. The number of rotatable bonds is 6. The Balaban J connectivity index is 2.40. The first-order chi connectivity index (χ1) is 8.17. The second-order valence-electron chi connectivity index (χ2n) is 5.56. The molecule has 0 aromatic carbocycles. The van der Waals surface area contributed by atoms with Crippen molar-refractivity contribution in [3.05, 3.63) is 11.6 Å². The third-order valence-electron chi connectivity index (χ3n) is 3.76. The Labute approximate surface area is 107 Å². The lowest BCUT2D eigenvalue weighted by Gasteiger charge is -2.38. The molecule has 0 radical (unpaired) electrons. The van der Waals surface area contributed by atoms with Crippen molar-refractivity contribution < 1.29 is 0 Å². The van der Waals surface area contributed by atoms with Gasteiger partial charge in [-0.2, -0.15) is 0 Å². The molecule has 1 N–H and O–H groups in total. The molecule has 2 heteroatoms. The van der Waals surface area contributed by atoms with Crippen molar-refractivity contribution in [3.63, 3.8) is 0 Å². The van der Waals surface area contributed by atoms with Crippen LogP contribution in [0.2, 0.25) is 0 Å². The van der Waals surface area contributed by atoms with E-state index in [1.165, 1.54) is 44.5 Å². The molecule has 0 bridgehead atoms. The number of nitrogens with zero attached hydrogens (tertiary/aromatic N) is 1. The van der Waals surface area contributed by atoms with E-state index >= 15 is 0 Å². The molecule has 0 aromatic rings. The summed E-state index contributed by atoms with van der Waals surface area (Å²) in [4.78, 5) is 2.60. The predicted molar refractivity (Wildman–Crippen MR) is 76.4 cm³/mol. The molecule has 1 heterocycles. The fraction of sp³-hybridized carbons (Fsp3) is 0.867. The summed E-state index contributed by atoms with van der Waals surface area (Å²) >= 11 is 0. The zero-order valence-electron chi connectivity index (χ0n) is 12.1. The molecule has 2 unspecified atom stereocenters. The van der Waals surface area contributed by atoms with Crippen molar-refractivity contribution in [2.75, 3.05) is 26.2 Å². The van der Waals surface area contributed by atoms with Crippen LogP contribution < -0.4 is 5.32 Å². The van der Waals surface area contributed by atoms with Gasteiger partial charge in [0, 0.05) is 19.1 Å². The summed E-state index contributed by atoms with van der Waals surface area (Å²) in [6, 6.07) is 0.753. The molecular formula is C15H30N2. The van der Waals surface area contributed by atoms with Crippen LogP contribution in [0, 0.1) is 5.92 Å². The van der Waals surface area contributed by atoms with E-state index in [0.29, 0.717) is 0 Å². The monoisotopic (exact) mass is 238 g/mol. The average Bonchev–Trinajstić information content (AvgIpc) is 2.34. The maximum absolute atomic E-state index is 3.72. The fourth-order valence-electron chi connectivity index (χ4n) is 2.60. The van der Waals surface area contributed by atoms with E-state index in [1.807, 2.05) is 0 Å². The summed E-state index contributed by atoms with van der Waals surface area (Å²) in [7, 11) is 0. The van der Waals surface area contributed by atoms with Gasteiger partial charge in [-0.15, -0.1) is 0 Å². The summed E-state index contributed by atoms with van der Waals surface area (Å²) in [5, 5.41) is 3.72. The summed E-state index contributed by atoms with van der Waals surface area (Å²) in [5.41, 5.74) is 1.43. The minimum absolute atomic E-state index is 0.753. The summed E-state index contributed by atoms with van der Waals surface area (Å²) in [6.45, 7) is 13.8. The zero-order valence-corrected chi connectivity index (χ0v) is 12.1. The quantitative estimate of drug-likeness (QED) is 0.716. The van der Waals surface area contributed by atoms with Crippen LogP contribution in [0.5, 0.6) is 0 Å². The average molecular weight is 238 g/mol. The Kier molecular flexibility index (Phi) is 6.83. The van der Waals surface area contributed by atoms with E-state index < -0.39 is 0 Å². The van der Waals surface area contributed by atoms with Crippen molar-refractivity contribution in [2.45, 2.75) is 53.0 Å². The highest BCUT2D eigenvalue weighted by Crippen LogP contribution is 2.20. The highest BCUT2D eigenvalue weighted by molar-refractivity contribution is 4.96. The number of hydrogen-bond donors (Lipinski definition) is 1. The highest BCUT2D eigenvalue weighted by atomic mass is 15.1. The van der Waals surface area contributed by atoms with E-state index in [9.17, 15) is 0 Å². The van der Waals surface area contributed by atoms with E-state index in [-0.39, 0.29) is 0 Å². The lowest BCUT2D eigenvalue weighted by Crippen LogP contribution is -2.49. The highest BCUT2D eigenvalue weighted by Gasteiger charge is 2.26. The topological polar surface area (TPSA) is 15.3 Å². The first-order valence-corrected chi connectivity index (χ1v) is 7.26. The van der Waals surface area contributed by atoms with Gasteiger partial charge in [0.15, 0.2) is 0 Å². The van der Waals surface area contributed by atoms with E-state index in [2.05, 4.69) is 44.0 Å². The molecule has 1 rings (SSSR count). The number of nitrogens with one attached hydrogen (secondary N) is 1. The first kappa shape index (κ1) is 14.7. The normalized spacial score (nSPS) is 25.9. The zero-order chi connectivity index (χ0) is 12.7. The van der Waals surface area contributed by atoms with Gasteiger partial charge in [-0.1, -0.05) is 31.9 Å². The van der Waals surface area contributed by atoms with Crippen LogP contribution in [-0.2, 0) is 0 Å². The van der Waals surface area contributed by atoms with Crippen LogP contribution in [0.15, 0.2) is 11.6 Å². The number of likely N-dealkylation sites (tertiary alicyclic amines) is 1. The second-order valence-corrected chi connectivity index (χ2v) is 5.56. The Morgan fingerprint density at radius 1 is 1.35 bits per heavy atom. The summed E-state index contributed by atoms with van der Waals surface area (Å²) in [6.07, 6.45) is 6.21. The first-order valence-electron chi connectivity index (χ1n) is 7.26. The van der Waals surface area contributed by atoms with E-state index in [4.69, 9.17) is 0 Å². The molecule has 1 aliphatic heterocycles. The Morgan fingerprint density at radius 2 is 2.12 bits per heavy atom. The Hall–Kier alpha value is -0.340. The maximum Gasteiger partial charge on any atom is 0.0165 e. The van der Waals surface area contributed by atoms with Crippen molar-refractivity contribution in [3.8, 4) is 0 Å². The van der Waals surface area contributed by atoms with Crippen molar-refractivity contribution in [1.82, 2.24) is 10.2 Å². The SMILES string of the molecule is CCCNC1CCN(CC=C(C)C)CC1CC. The standard InChI is InChI=1S/C15H30N2/c1-5-9-16-15-8-11-17(10-7-13(3)4)12-14(15)6-2/h7,14-16H,5-6,8-12H2,1-4H3. The van der Waals surface area contributed by atoms with Crippen LogP contribution in [0.3, 0.4) is 0 Å². The minimum atomic E-state index is 0.753. The molecular weight excluding hydrogens is 208 g/mol. The molecule has 2 nitrogen and oxygen atoms in total. The van der Waals surface area contributed by atoms with Gasteiger partial charge in [0.1, 0.15) is 0 Å². The van der Waals surface area contributed by atoms with Gasteiger partial charge >= 0.3 is 0 Å². The van der Waals surface area contributed by atoms with Gasteiger partial charge in [0.25, 0.3) is 0 Å². The Morgan fingerprint density at radius 3 is 2.71 bits per heavy atom. The molecule has 2 atom stereocenters. The molecule has 0 amide bonds. The third kappa shape index (κ3) is 5.22. The van der Waals surface area contributed by atoms with Crippen LogP contribution in [0.1, 0.15) is 47.0 Å². The van der Waals surface area contributed by atoms with Gasteiger partial charge in [-0.05, 0) is 45.7 Å². The van der Waals surface area contributed by atoms with Crippen LogP contribution in [-0.4, -0.2) is 37.1 Å². The summed E-state index contributed by atoms with van der Waals surface area (Å²) < 4.78 is 0. The molecule has 1 fully saturated rings. The van der Waals surface area contributed by atoms with Gasteiger partial charge in [-0.3, -0.25) is 4.90 Å². The number of allylic oxidation sites excluding steroid dienone is 1. The Bertz CT molecular complexity index is 231. The lowest BCUT2D eigenvalue weighted by atomic mass is 9.90. The lowest BCUT2D eigenvalue weighted by molar-refractivity contribution is 0.146. The van der Waals surface area contributed by atoms with Crippen molar-refractivity contribution in [2.24, 2.45) is 5.92 Å². The maximum atomic E-state index is 3.72. The number of piperidine rings is 1. The molecule has 1 saturated heterocycles.